The van der Waals surface area contributed by atoms with Gasteiger partial charge in [0.05, 0.1) is 0 Å². The van der Waals surface area contributed by atoms with E-state index in [9.17, 15) is 5.11 Å². The lowest BCUT2D eigenvalue weighted by molar-refractivity contribution is 0.105. The highest BCUT2D eigenvalue weighted by atomic mass is 32.1. The fourth-order valence-corrected chi connectivity index (χ4v) is 3.28. The predicted octanol–water partition coefficient (Wildman–Crippen LogP) is 3.99. The minimum atomic E-state index is -0.545. The number of fused-ring (bicyclic) bond motifs is 1. The van der Waals surface area contributed by atoms with Crippen molar-refractivity contribution in [2.45, 2.75) is 19.1 Å². The number of benzene rings is 2. The van der Waals surface area contributed by atoms with E-state index in [4.69, 9.17) is 4.74 Å². The summed E-state index contributed by atoms with van der Waals surface area (Å²) < 4.78 is 5.82. The average molecular weight is 327 g/mol. The minimum absolute atomic E-state index is 0.238. The lowest BCUT2D eigenvalue weighted by Gasteiger charge is -2.17. The number of aliphatic hydroxyl groups excluding tert-OH is 1. The molecule has 0 aliphatic heterocycles. The van der Waals surface area contributed by atoms with E-state index in [1.165, 1.54) is 4.88 Å². The van der Waals surface area contributed by atoms with Gasteiger partial charge in [-0.3, -0.25) is 0 Å². The van der Waals surface area contributed by atoms with Crippen molar-refractivity contribution in [2.24, 2.45) is 0 Å². The molecule has 3 aromatic rings. The highest BCUT2D eigenvalue weighted by Crippen LogP contribution is 2.25. The Morgan fingerprint density at radius 2 is 1.91 bits per heavy atom. The number of aliphatic hydroxyl groups is 1. The van der Waals surface area contributed by atoms with Gasteiger partial charge in [-0.1, -0.05) is 42.5 Å². The van der Waals surface area contributed by atoms with Crippen molar-refractivity contribution in [3.63, 3.8) is 0 Å². The molecule has 0 fully saturated rings. The first-order valence-corrected chi connectivity index (χ1v) is 8.67. The summed E-state index contributed by atoms with van der Waals surface area (Å²) in [6.07, 6.45) is -0.545. The van der Waals surface area contributed by atoms with Crippen LogP contribution in [0.4, 0.5) is 0 Å². The van der Waals surface area contributed by atoms with Crippen LogP contribution in [0.2, 0.25) is 0 Å². The van der Waals surface area contributed by atoms with Gasteiger partial charge < -0.3 is 15.2 Å². The molecule has 0 saturated carbocycles. The monoisotopic (exact) mass is 327 g/mol. The first-order chi connectivity index (χ1) is 11.2. The standard InChI is InChI=1S/C19H21NO2S/c1-14(19-10-5-11-23-19)20-12-16(21)13-22-18-9-4-7-15-6-2-3-8-17(15)18/h2-11,14,16,20-21H,12-13H2,1H3. The van der Waals surface area contributed by atoms with Crippen LogP contribution in [-0.2, 0) is 0 Å². The van der Waals surface area contributed by atoms with E-state index in [1.54, 1.807) is 11.3 Å². The number of ether oxygens (including phenoxy) is 1. The van der Waals surface area contributed by atoms with Crippen LogP contribution >= 0.6 is 11.3 Å². The molecule has 23 heavy (non-hydrogen) atoms. The van der Waals surface area contributed by atoms with Crippen LogP contribution in [0.15, 0.2) is 60.0 Å². The molecule has 1 heterocycles. The van der Waals surface area contributed by atoms with Crippen molar-refractivity contribution < 1.29 is 9.84 Å². The molecule has 0 aliphatic rings. The summed E-state index contributed by atoms with van der Waals surface area (Å²) in [4.78, 5) is 1.27. The Balaban J connectivity index is 1.53. The van der Waals surface area contributed by atoms with Gasteiger partial charge in [0.1, 0.15) is 18.5 Å². The van der Waals surface area contributed by atoms with E-state index < -0.39 is 6.10 Å². The quantitative estimate of drug-likeness (QED) is 0.689. The van der Waals surface area contributed by atoms with E-state index in [2.05, 4.69) is 35.8 Å². The molecule has 4 heteroatoms. The second-order valence-electron chi connectivity index (χ2n) is 5.59. The van der Waals surface area contributed by atoms with Crippen molar-refractivity contribution in [1.82, 2.24) is 5.32 Å². The molecule has 0 bridgehead atoms. The highest BCUT2D eigenvalue weighted by molar-refractivity contribution is 7.10. The third-order valence-electron chi connectivity index (χ3n) is 3.81. The van der Waals surface area contributed by atoms with Crippen LogP contribution in [-0.4, -0.2) is 24.4 Å². The predicted molar refractivity (Wildman–Crippen MR) is 96.2 cm³/mol. The summed E-state index contributed by atoms with van der Waals surface area (Å²) >= 11 is 1.72. The molecule has 0 amide bonds. The zero-order chi connectivity index (χ0) is 16.1. The zero-order valence-electron chi connectivity index (χ0n) is 13.1. The van der Waals surface area contributed by atoms with Gasteiger partial charge in [0.25, 0.3) is 0 Å². The van der Waals surface area contributed by atoms with E-state index in [1.807, 2.05) is 36.4 Å². The first kappa shape index (κ1) is 16.0. The molecular formula is C19H21NO2S. The van der Waals surface area contributed by atoms with Crippen LogP contribution in [0.3, 0.4) is 0 Å². The topological polar surface area (TPSA) is 41.5 Å². The molecule has 0 saturated heterocycles. The smallest absolute Gasteiger partial charge is 0.127 e. The van der Waals surface area contributed by atoms with Gasteiger partial charge in [-0.15, -0.1) is 11.3 Å². The molecule has 0 spiro atoms. The molecule has 0 radical (unpaired) electrons. The molecule has 2 aromatic carbocycles. The van der Waals surface area contributed by atoms with E-state index in [-0.39, 0.29) is 12.6 Å². The van der Waals surface area contributed by atoms with Crippen molar-refractivity contribution in [2.75, 3.05) is 13.2 Å². The summed E-state index contributed by atoms with van der Waals surface area (Å²) in [6, 6.07) is 18.5. The van der Waals surface area contributed by atoms with Gasteiger partial charge in [0, 0.05) is 22.8 Å². The maximum Gasteiger partial charge on any atom is 0.127 e. The van der Waals surface area contributed by atoms with Crippen molar-refractivity contribution in [3.8, 4) is 5.75 Å². The van der Waals surface area contributed by atoms with Crippen molar-refractivity contribution >= 4 is 22.1 Å². The van der Waals surface area contributed by atoms with Gasteiger partial charge >= 0.3 is 0 Å². The summed E-state index contributed by atoms with van der Waals surface area (Å²) in [7, 11) is 0. The Labute approximate surface area is 140 Å². The molecule has 1 aromatic heterocycles. The second-order valence-corrected chi connectivity index (χ2v) is 6.57. The Kier molecular flexibility index (Phi) is 5.28. The van der Waals surface area contributed by atoms with Crippen LogP contribution in [0, 0.1) is 0 Å². The van der Waals surface area contributed by atoms with E-state index in [0.717, 1.165) is 16.5 Å². The fraction of sp³-hybridized carbons (Fsp3) is 0.263. The zero-order valence-corrected chi connectivity index (χ0v) is 13.9. The Morgan fingerprint density at radius 1 is 1.09 bits per heavy atom. The van der Waals surface area contributed by atoms with Gasteiger partial charge in [-0.25, -0.2) is 0 Å². The van der Waals surface area contributed by atoms with Crippen LogP contribution < -0.4 is 10.1 Å². The molecular weight excluding hydrogens is 306 g/mol. The van der Waals surface area contributed by atoms with Gasteiger partial charge in [0.2, 0.25) is 0 Å². The largest absolute Gasteiger partial charge is 0.490 e. The maximum absolute atomic E-state index is 10.1. The van der Waals surface area contributed by atoms with Crippen molar-refractivity contribution in [1.29, 1.82) is 0 Å². The Bertz CT molecular complexity index is 737. The van der Waals surface area contributed by atoms with Crippen molar-refractivity contribution in [3.05, 3.63) is 64.9 Å². The summed E-state index contributed by atoms with van der Waals surface area (Å²) in [5.74, 6) is 0.813. The molecule has 3 rings (SSSR count). The van der Waals surface area contributed by atoms with Gasteiger partial charge in [0.15, 0.2) is 0 Å². The summed E-state index contributed by atoms with van der Waals surface area (Å²) in [6.45, 7) is 2.88. The van der Waals surface area contributed by atoms with E-state index in [0.29, 0.717) is 6.54 Å². The SMILES string of the molecule is CC(NCC(O)COc1cccc2ccccc12)c1cccs1. The third kappa shape index (κ3) is 4.10. The van der Waals surface area contributed by atoms with Crippen LogP contribution in [0.25, 0.3) is 10.8 Å². The molecule has 120 valence electrons. The average Bonchev–Trinajstić information content (AvgIpc) is 3.12. The Morgan fingerprint density at radius 3 is 2.74 bits per heavy atom. The number of rotatable bonds is 7. The lowest BCUT2D eigenvalue weighted by Crippen LogP contribution is -2.32. The number of hydrogen-bond donors (Lipinski definition) is 2. The van der Waals surface area contributed by atoms with Crippen LogP contribution in [0.5, 0.6) is 5.75 Å². The lowest BCUT2D eigenvalue weighted by atomic mass is 10.1. The molecule has 0 aliphatic carbocycles. The molecule has 2 unspecified atom stereocenters. The minimum Gasteiger partial charge on any atom is -0.490 e. The number of hydrogen-bond acceptors (Lipinski definition) is 4. The van der Waals surface area contributed by atoms with Gasteiger partial charge in [-0.2, -0.15) is 0 Å². The fourth-order valence-electron chi connectivity index (χ4n) is 2.52. The third-order valence-corrected chi connectivity index (χ3v) is 4.87. The van der Waals surface area contributed by atoms with Crippen LogP contribution in [0.1, 0.15) is 17.8 Å². The Hall–Kier alpha value is -1.88. The number of nitrogens with one attached hydrogen (secondary N) is 1. The molecule has 2 atom stereocenters. The molecule has 2 N–H and O–H groups in total. The van der Waals surface area contributed by atoms with E-state index >= 15 is 0 Å². The second kappa shape index (κ2) is 7.59. The highest BCUT2D eigenvalue weighted by Gasteiger charge is 2.11. The van der Waals surface area contributed by atoms with Gasteiger partial charge in [-0.05, 0) is 29.8 Å². The normalized spacial score (nSPS) is 13.8. The summed E-state index contributed by atoms with van der Waals surface area (Å²) in [5, 5.41) is 17.8. The first-order valence-electron chi connectivity index (χ1n) is 7.79. The molecule has 3 nitrogen and oxygen atoms in total. The maximum atomic E-state index is 10.1. The number of thiophene rings is 1. The summed E-state index contributed by atoms with van der Waals surface area (Å²) in [5.41, 5.74) is 0.